The molecule has 7 nitrogen and oxygen atoms in total. The number of para-hydroxylation sites is 1. The van der Waals surface area contributed by atoms with Gasteiger partial charge < -0.3 is 10.2 Å². The first-order valence-corrected chi connectivity index (χ1v) is 12.0. The molecule has 0 aliphatic rings. The van der Waals surface area contributed by atoms with E-state index >= 15 is 0 Å². The highest BCUT2D eigenvalue weighted by Gasteiger charge is 2.30. The second-order valence-electron chi connectivity index (χ2n) is 6.66. The summed E-state index contributed by atoms with van der Waals surface area (Å²) in [5.41, 5.74) is 1.06. The normalized spacial score (nSPS) is 12.2. The maximum absolute atomic E-state index is 13.2. The van der Waals surface area contributed by atoms with Gasteiger partial charge in [0, 0.05) is 23.1 Å². The molecule has 0 heterocycles. The number of nitrogens with zero attached hydrogens (tertiary/aromatic N) is 2. The van der Waals surface area contributed by atoms with Crippen LogP contribution >= 0.6 is 27.5 Å². The molecule has 2 rings (SSSR count). The molecule has 1 atom stereocenters. The van der Waals surface area contributed by atoms with Crippen LogP contribution in [0.25, 0.3) is 0 Å². The van der Waals surface area contributed by atoms with Gasteiger partial charge in [0.25, 0.3) is 0 Å². The number of nitrogens with one attached hydrogen (secondary N) is 1. The van der Waals surface area contributed by atoms with Gasteiger partial charge in [-0.3, -0.25) is 13.9 Å². The summed E-state index contributed by atoms with van der Waals surface area (Å²) in [6, 6.07) is 12.8. The first-order valence-electron chi connectivity index (χ1n) is 9.02. The molecule has 0 aromatic heterocycles. The molecule has 2 amide bonds. The predicted octanol–water partition coefficient (Wildman–Crippen LogP) is 3.03. The van der Waals surface area contributed by atoms with Gasteiger partial charge in [-0.2, -0.15) is 0 Å². The average molecular weight is 517 g/mol. The van der Waals surface area contributed by atoms with E-state index in [9.17, 15) is 18.0 Å². The molecule has 10 heteroatoms. The Morgan fingerprint density at radius 2 is 1.83 bits per heavy atom. The number of benzene rings is 2. The molecule has 0 spiro atoms. The van der Waals surface area contributed by atoms with Crippen molar-refractivity contribution in [1.82, 2.24) is 10.2 Å². The van der Waals surface area contributed by atoms with Crippen LogP contribution in [0.5, 0.6) is 0 Å². The van der Waals surface area contributed by atoms with E-state index < -0.39 is 28.5 Å². The predicted molar refractivity (Wildman–Crippen MR) is 122 cm³/mol. The van der Waals surface area contributed by atoms with Gasteiger partial charge in [0.05, 0.1) is 11.9 Å². The monoisotopic (exact) mass is 515 g/mol. The number of carbonyl (C=O) groups is 2. The highest BCUT2D eigenvalue weighted by Crippen LogP contribution is 2.28. The first kappa shape index (κ1) is 24.2. The fourth-order valence-corrected chi connectivity index (χ4v) is 4.56. The van der Waals surface area contributed by atoms with Gasteiger partial charge in [-0.25, -0.2) is 8.42 Å². The lowest BCUT2D eigenvalue weighted by Crippen LogP contribution is -2.50. The Bertz CT molecular complexity index is 1030. The minimum atomic E-state index is -3.77. The van der Waals surface area contributed by atoms with Gasteiger partial charge in [-0.05, 0) is 52.7 Å². The fraction of sp³-hybridized carbons (Fsp3) is 0.300. The lowest BCUT2D eigenvalue weighted by atomic mass is 10.1. The van der Waals surface area contributed by atoms with Crippen LogP contribution in [0.2, 0.25) is 5.02 Å². The zero-order valence-corrected chi connectivity index (χ0v) is 20.0. The molecular weight excluding hydrogens is 494 g/mol. The number of carbonyl (C=O) groups excluding carboxylic acids is 2. The molecule has 2 aromatic rings. The van der Waals surface area contributed by atoms with Crippen molar-refractivity contribution in [3.63, 3.8) is 0 Å². The average Bonchev–Trinajstić information content (AvgIpc) is 2.69. The second kappa shape index (κ2) is 10.3. The Kier molecular flexibility index (Phi) is 8.28. The van der Waals surface area contributed by atoms with Gasteiger partial charge in [-0.1, -0.05) is 35.9 Å². The van der Waals surface area contributed by atoms with E-state index in [0.29, 0.717) is 15.2 Å². The van der Waals surface area contributed by atoms with Gasteiger partial charge in [0.1, 0.15) is 12.6 Å². The fourth-order valence-electron chi connectivity index (χ4n) is 2.87. The molecule has 0 saturated carbocycles. The van der Waals surface area contributed by atoms with Gasteiger partial charge in [0.2, 0.25) is 21.8 Å². The number of hydrogen-bond donors (Lipinski definition) is 1. The zero-order valence-electron chi connectivity index (χ0n) is 16.8. The smallest absolute Gasteiger partial charge is 0.244 e. The molecule has 0 fully saturated rings. The largest absolute Gasteiger partial charge is 0.357 e. The van der Waals surface area contributed by atoms with E-state index in [0.717, 1.165) is 16.1 Å². The third-order valence-corrected chi connectivity index (χ3v) is 6.49. The lowest BCUT2D eigenvalue weighted by molar-refractivity contribution is -0.139. The minimum Gasteiger partial charge on any atom is -0.357 e. The summed E-state index contributed by atoms with van der Waals surface area (Å²) < 4.78 is 26.4. The Morgan fingerprint density at radius 3 is 2.40 bits per heavy atom. The van der Waals surface area contributed by atoms with Crippen molar-refractivity contribution in [1.29, 1.82) is 0 Å². The van der Waals surface area contributed by atoms with E-state index in [4.69, 9.17) is 11.6 Å². The van der Waals surface area contributed by atoms with Crippen LogP contribution in [0.15, 0.2) is 53.0 Å². The van der Waals surface area contributed by atoms with Gasteiger partial charge in [-0.15, -0.1) is 0 Å². The molecule has 0 bridgehead atoms. The van der Waals surface area contributed by atoms with Crippen molar-refractivity contribution in [3.8, 4) is 0 Å². The molecule has 1 unspecified atom stereocenters. The van der Waals surface area contributed by atoms with Crippen molar-refractivity contribution in [2.24, 2.45) is 0 Å². The Balaban J connectivity index is 2.40. The molecule has 0 saturated heterocycles. The molecule has 30 heavy (non-hydrogen) atoms. The van der Waals surface area contributed by atoms with Crippen molar-refractivity contribution in [3.05, 3.63) is 63.6 Å². The molecular formula is C20H23BrClN3O4S. The van der Waals surface area contributed by atoms with Crippen molar-refractivity contribution in [2.45, 2.75) is 19.5 Å². The Labute approximate surface area is 190 Å². The van der Waals surface area contributed by atoms with E-state index in [1.165, 1.54) is 11.9 Å². The van der Waals surface area contributed by atoms with Crippen LogP contribution < -0.4 is 9.62 Å². The number of sulfonamides is 1. The summed E-state index contributed by atoms with van der Waals surface area (Å²) in [6.07, 6.45) is 1.03. The molecule has 0 radical (unpaired) electrons. The number of amides is 2. The standard InChI is InChI=1S/C20H23BrClN3O4S/c1-14(20(27)23-2)24(12-15-7-6-8-16(22)11-15)19(26)13-25(30(3,28)29)18-10-5-4-9-17(18)21/h4-11,14H,12-13H2,1-3H3,(H,23,27). The van der Waals surface area contributed by atoms with Crippen molar-refractivity contribution in [2.75, 3.05) is 24.2 Å². The third kappa shape index (κ3) is 6.20. The van der Waals surface area contributed by atoms with E-state index in [-0.39, 0.29) is 12.5 Å². The summed E-state index contributed by atoms with van der Waals surface area (Å²) in [7, 11) is -2.29. The highest BCUT2D eigenvalue weighted by molar-refractivity contribution is 9.10. The van der Waals surface area contributed by atoms with Crippen molar-refractivity contribution < 1.29 is 18.0 Å². The topological polar surface area (TPSA) is 86.8 Å². The number of rotatable bonds is 8. The summed E-state index contributed by atoms with van der Waals surface area (Å²) >= 11 is 9.38. The summed E-state index contributed by atoms with van der Waals surface area (Å²) in [4.78, 5) is 26.8. The minimum absolute atomic E-state index is 0.0988. The van der Waals surface area contributed by atoms with E-state index in [2.05, 4.69) is 21.2 Å². The van der Waals surface area contributed by atoms with Crippen LogP contribution in [0, 0.1) is 0 Å². The van der Waals surface area contributed by atoms with Crippen LogP contribution in [-0.2, 0) is 26.2 Å². The Morgan fingerprint density at radius 1 is 1.17 bits per heavy atom. The van der Waals surface area contributed by atoms with Crippen LogP contribution in [0.3, 0.4) is 0 Å². The SMILES string of the molecule is CNC(=O)C(C)N(Cc1cccc(Cl)c1)C(=O)CN(c1ccccc1Br)S(C)(=O)=O. The number of halogens is 2. The highest BCUT2D eigenvalue weighted by atomic mass is 79.9. The molecule has 0 aliphatic carbocycles. The molecule has 2 aromatic carbocycles. The maximum atomic E-state index is 13.2. The number of likely N-dealkylation sites (N-methyl/N-ethyl adjacent to an activating group) is 1. The molecule has 162 valence electrons. The van der Waals surface area contributed by atoms with Crippen LogP contribution in [0.4, 0.5) is 5.69 Å². The summed E-state index contributed by atoms with van der Waals surface area (Å²) in [5.74, 6) is -0.885. The first-order chi connectivity index (χ1) is 14.0. The molecule has 1 N–H and O–H groups in total. The quantitative estimate of drug-likeness (QED) is 0.584. The number of hydrogen-bond acceptors (Lipinski definition) is 4. The number of anilines is 1. The second-order valence-corrected chi connectivity index (χ2v) is 9.86. The molecule has 0 aliphatic heterocycles. The van der Waals surface area contributed by atoms with E-state index in [1.54, 1.807) is 55.5 Å². The van der Waals surface area contributed by atoms with Crippen molar-refractivity contribution >= 4 is 55.1 Å². The Hall–Kier alpha value is -2.10. The summed E-state index contributed by atoms with van der Waals surface area (Å²) in [5, 5.41) is 3.02. The van der Waals surface area contributed by atoms with Gasteiger partial charge >= 0.3 is 0 Å². The maximum Gasteiger partial charge on any atom is 0.244 e. The van der Waals surface area contributed by atoms with Crippen LogP contribution in [-0.4, -0.2) is 51.0 Å². The van der Waals surface area contributed by atoms with E-state index in [1.807, 2.05) is 0 Å². The van der Waals surface area contributed by atoms with Crippen LogP contribution in [0.1, 0.15) is 12.5 Å². The van der Waals surface area contributed by atoms with Gasteiger partial charge in [0.15, 0.2) is 0 Å². The lowest BCUT2D eigenvalue weighted by Gasteiger charge is -2.31. The third-order valence-electron chi connectivity index (χ3n) is 4.46. The summed E-state index contributed by atoms with van der Waals surface area (Å²) in [6.45, 7) is 1.23. The zero-order chi connectivity index (χ0) is 22.5.